The molecule has 1 aromatic carbocycles. The van der Waals surface area contributed by atoms with E-state index in [1.54, 1.807) is 0 Å². The molecule has 4 rings (SSSR count). The molecule has 7 nitrogen and oxygen atoms in total. The quantitative estimate of drug-likeness (QED) is 0.702. The van der Waals surface area contributed by atoms with Crippen molar-refractivity contribution in [2.24, 2.45) is 0 Å². The highest BCUT2D eigenvalue weighted by Crippen LogP contribution is 2.37. The van der Waals surface area contributed by atoms with Gasteiger partial charge in [0.05, 0.1) is 5.69 Å². The number of hydrogen-bond donors (Lipinski definition) is 2. The molecule has 3 aromatic rings. The van der Waals surface area contributed by atoms with E-state index in [1.807, 2.05) is 37.3 Å². The molecule has 1 fully saturated rings. The van der Waals surface area contributed by atoms with Gasteiger partial charge < -0.3 is 9.63 Å². The van der Waals surface area contributed by atoms with Crippen molar-refractivity contribution in [1.29, 1.82) is 0 Å². The highest BCUT2D eigenvalue weighted by molar-refractivity contribution is 7.19. The zero-order valence-corrected chi connectivity index (χ0v) is 14.5. The summed E-state index contributed by atoms with van der Waals surface area (Å²) in [7, 11) is 0. The second-order valence-electron chi connectivity index (χ2n) is 5.42. The Hall–Kier alpha value is -2.74. The van der Waals surface area contributed by atoms with Crippen LogP contribution in [0, 0.1) is 0 Å². The fourth-order valence-corrected chi connectivity index (χ4v) is 2.80. The summed E-state index contributed by atoms with van der Waals surface area (Å²) in [5, 5.41) is 15.3. The number of thiazole rings is 1. The molecule has 0 atom stereocenters. The fraction of sp³-hybridized carbons (Fsp3) is 0.294. The van der Waals surface area contributed by atoms with Crippen LogP contribution in [0.1, 0.15) is 32.1 Å². The Morgan fingerprint density at radius 3 is 2.52 bits per heavy atom. The zero-order valence-electron chi connectivity index (χ0n) is 13.7. The number of rotatable bonds is 4. The molecule has 2 heterocycles. The maximum atomic E-state index is 10.8. The number of aryl methyl sites for hydroxylation is 1. The SMILES string of the molecule is C1CC1.CCc1nc(-c2sc(NC(=O)O)nc2-c2ccccc2)no1. The highest BCUT2D eigenvalue weighted by atomic mass is 32.1. The van der Waals surface area contributed by atoms with Gasteiger partial charge in [0.1, 0.15) is 4.88 Å². The Balaban J connectivity index is 0.000000549. The van der Waals surface area contributed by atoms with E-state index in [4.69, 9.17) is 9.63 Å². The average molecular weight is 358 g/mol. The molecular weight excluding hydrogens is 340 g/mol. The predicted molar refractivity (Wildman–Crippen MR) is 95.7 cm³/mol. The summed E-state index contributed by atoms with van der Waals surface area (Å²) in [5.41, 5.74) is 1.48. The normalized spacial score (nSPS) is 12.2. The maximum Gasteiger partial charge on any atom is 0.410 e. The first-order valence-corrected chi connectivity index (χ1v) is 8.88. The number of benzene rings is 1. The molecule has 8 heteroatoms. The van der Waals surface area contributed by atoms with Crippen molar-refractivity contribution in [2.75, 3.05) is 5.32 Å². The molecule has 0 aliphatic heterocycles. The second kappa shape index (κ2) is 7.89. The Morgan fingerprint density at radius 2 is 1.96 bits per heavy atom. The summed E-state index contributed by atoms with van der Waals surface area (Å²) in [4.78, 5) is 20.1. The van der Waals surface area contributed by atoms with Gasteiger partial charge >= 0.3 is 6.09 Å². The fourth-order valence-electron chi connectivity index (χ4n) is 1.90. The molecule has 1 amide bonds. The number of anilines is 1. The molecule has 1 aliphatic carbocycles. The van der Waals surface area contributed by atoms with Crippen LogP contribution in [0.25, 0.3) is 22.0 Å². The van der Waals surface area contributed by atoms with E-state index in [2.05, 4.69) is 20.4 Å². The van der Waals surface area contributed by atoms with Crippen molar-refractivity contribution in [3.63, 3.8) is 0 Å². The topological polar surface area (TPSA) is 101 Å². The van der Waals surface area contributed by atoms with Crippen molar-refractivity contribution in [3.05, 3.63) is 36.2 Å². The van der Waals surface area contributed by atoms with Gasteiger partial charge in [-0.05, 0) is 0 Å². The van der Waals surface area contributed by atoms with Gasteiger partial charge in [0.2, 0.25) is 11.7 Å². The van der Waals surface area contributed by atoms with Crippen LogP contribution in [0.4, 0.5) is 9.93 Å². The summed E-state index contributed by atoms with van der Waals surface area (Å²) in [6, 6.07) is 9.45. The number of aromatic nitrogens is 3. The Morgan fingerprint density at radius 1 is 1.24 bits per heavy atom. The van der Waals surface area contributed by atoms with Gasteiger partial charge in [-0.15, -0.1) is 0 Å². The Labute approximate surface area is 148 Å². The smallest absolute Gasteiger partial charge is 0.410 e. The zero-order chi connectivity index (χ0) is 17.6. The summed E-state index contributed by atoms with van der Waals surface area (Å²) in [6.45, 7) is 1.92. The molecule has 0 radical (unpaired) electrons. The maximum absolute atomic E-state index is 10.8. The third-order valence-corrected chi connectivity index (χ3v) is 4.18. The number of carbonyl (C=O) groups is 1. The lowest BCUT2D eigenvalue weighted by atomic mass is 10.1. The van der Waals surface area contributed by atoms with Crippen LogP contribution < -0.4 is 5.32 Å². The molecule has 0 saturated heterocycles. The van der Waals surface area contributed by atoms with E-state index >= 15 is 0 Å². The van der Waals surface area contributed by atoms with Crippen LogP contribution in [0.15, 0.2) is 34.9 Å². The lowest BCUT2D eigenvalue weighted by Gasteiger charge is -1.98. The van der Waals surface area contributed by atoms with Crippen molar-refractivity contribution < 1.29 is 14.4 Å². The van der Waals surface area contributed by atoms with Crippen molar-refractivity contribution in [1.82, 2.24) is 15.1 Å². The summed E-state index contributed by atoms with van der Waals surface area (Å²) >= 11 is 1.17. The third kappa shape index (κ3) is 4.63. The number of nitrogens with zero attached hydrogens (tertiary/aromatic N) is 3. The first-order valence-electron chi connectivity index (χ1n) is 8.06. The second-order valence-corrected chi connectivity index (χ2v) is 6.42. The van der Waals surface area contributed by atoms with E-state index in [0.717, 1.165) is 5.56 Å². The first kappa shape index (κ1) is 17.1. The standard InChI is InChI=1S/C14H12N4O3S.C3H6/c1-2-9-15-12(18-21-9)11-10(8-6-4-3-5-7-8)16-13(22-11)17-14(19)20;1-2-3-1/h3-7H,2H2,1H3,(H,16,17)(H,19,20);1-3H2. The monoisotopic (exact) mass is 358 g/mol. The van der Waals surface area contributed by atoms with Crippen LogP contribution in [-0.4, -0.2) is 26.3 Å². The lowest BCUT2D eigenvalue weighted by molar-refractivity contribution is 0.209. The molecule has 2 N–H and O–H groups in total. The highest BCUT2D eigenvalue weighted by Gasteiger charge is 2.20. The van der Waals surface area contributed by atoms with Gasteiger partial charge in [-0.25, -0.2) is 9.78 Å². The molecule has 130 valence electrons. The number of hydrogen-bond acceptors (Lipinski definition) is 6. The minimum absolute atomic E-state index is 0.268. The van der Waals surface area contributed by atoms with Gasteiger partial charge in [-0.2, -0.15) is 4.98 Å². The van der Waals surface area contributed by atoms with Crippen molar-refractivity contribution in [2.45, 2.75) is 32.6 Å². The third-order valence-electron chi connectivity index (χ3n) is 3.22. The molecule has 25 heavy (non-hydrogen) atoms. The molecular formula is C17H18N4O3S. The molecule has 0 spiro atoms. The van der Waals surface area contributed by atoms with Crippen LogP contribution in [0.2, 0.25) is 0 Å². The van der Waals surface area contributed by atoms with E-state index in [0.29, 0.717) is 28.7 Å². The molecule has 0 unspecified atom stereocenters. The number of nitrogens with one attached hydrogen (secondary N) is 1. The first-order chi connectivity index (χ1) is 12.2. The van der Waals surface area contributed by atoms with Gasteiger partial charge in [-0.1, -0.05) is 73.0 Å². The van der Waals surface area contributed by atoms with Gasteiger partial charge in [0, 0.05) is 12.0 Å². The Kier molecular flexibility index (Phi) is 5.39. The summed E-state index contributed by atoms with van der Waals surface area (Å²) < 4.78 is 5.13. The van der Waals surface area contributed by atoms with E-state index in [9.17, 15) is 4.79 Å². The number of carboxylic acid groups (broad SMARTS) is 1. The summed E-state index contributed by atoms with van der Waals surface area (Å²) in [5.74, 6) is 0.932. The van der Waals surface area contributed by atoms with Gasteiger partial charge in [-0.3, -0.25) is 5.32 Å². The van der Waals surface area contributed by atoms with E-state index < -0.39 is 6.09 Å². The average Bonchev–Trinajstić information content (AvgIpc) is 3.32. The van der Waals surface area contributed by atoms with Crippen LogP contribution in [-0.2, 0) is 6.42 Å². The minimum atomic E-state index is -1.16. The number of amides is 1. The molecule has 1 aliphatic rings. The van der Waals surface area contributed by atoms with Gasteiger partial charge in [0.25, 0.3) is 0 Å². The van der Waals surface area contributed by atoms with Crippen molar-refractivity contribution in [3.8, 4) is 22.0 Å². The Bertz CT molecular complexity index is 840. The van der Waals surface area contributed by atoms with Crippen LogP contribution >= 0.6 is 11.3 Å². The minimum Gasteiger partial charge on any atom is -0.465 e. The van der Waals surface area contributed by atoms with Crippen LogP contribution in [0.5, 0.6) is 0 Å². The van der Waals surface area contributed by atoms with Gasteiger partial charge in [0.15, 0.2) is 5.13 Å². The largest absolute Gasteiger partial charge is 0.465 e. The predicted octanol–water partition coefficient (Wildman–Crippen LogP) is 4.68. The molecule has 1 saturated carbocycles. The van der Waals surface area contributed by atoms with E-state index in [-0.39, 0.29) is 5.13 Å². The molecule has 0 bridgehead atoms. The van der Waals surface area contributed by atoms with E-state index in [1.165, 1.54) is 30.6 Å². The molecule has 2 aromatic heterocycles. The summed E-state index contributed by atoms with van der Waals surface area (Å²) in [6.07, 6.45) is 3.97. The van der Waals surface area contributed by atoms with Crippen molar-refractivity contribution >= 4 is 22.6 Å². The van der Waals surface area contributed by atoms with Crippen LogP contribution in [0.3, 0.4) is 0 Å². The lowest BCUT2D eigenvalue weighted by Crippen LogP contribution is -2.06.